The maximum absolute atomic E-state index is 11.7. The van der Waals surface area contributed by atoms with Crippen molar-refractivity contribution in [2.75, 3.05) is 6.61 Å². The molecule has 1 heterocycles. The first-order valence-corrected chi connectivity index (χ1v) is 3.40. The number of rotatable bonds is 2. The molecule has 1 saturated heterocycles. The van der Waals surface area contributed by atoms with Crippen molar-refractivity contribution in [3.05, 3.63) is 0 Å². The van der Waals surface area contributed by atoms with Crippen molar-refractivity contribution in [1.29, 1.82) is 0 Å². The summed E-state index contributed by atoms with van der Waals surface area (Å²) in [7, 11) is 0. The molecule has 0 bridgehead atoms. The van der Waals surface area contributed by atoms with E-state index in [-0.39, 0.29) is 51.4 Å². The second kappa shape index (κ2) is 5.24. The summed E-state index contributed by atoms with van der Waals surface area (Å²) in [4.78, 5) is 0. The summed E-state index contributed by atoms with van der Waals surface area (Å²) in [6, 6.07) is 0. The fourth-order valence-corrected chi connectivity index (χ4v) is 1.13. The van der Waals surface area contributed by atoms with Crippen LogP contribution >= 0.6 is 0 Å². The van der Waals surface area contributed by atoms with E-state index in [2.05, 4.69) is 0 Å². The Bertz CT molecular complexity index is 113. The van der Waals surface area contributed by atoms with E-state index in [1.807, 2.05) is 0 Å². The van der Waals surface area contributed by atoms with Gasteiger partial charge in [-0.25, -0.2) is 0 Å². The van der Waals surface area contributed by atoms with E-state index in [4.69, 9.17) is 4.74 Å². The first-order chi connectivity index (χ1) is 4.58. The third-order valence-corrected chi connectivity index (χ3v) is 1.55. The molecule has 0 amide bonds. The summed E-state index contributed by atoms with van der Waals surface area (Å²) in [6.07, 6.45) is 0.0814. The summed E-state index contributed by atoms with van der Waals surface area (Å²) in [5.74, 6) is 0. The molecule has 60 valence electrons. The summed E-state index contributed by atoms with van der Waals surface area (Å²) in [6.45, 7) is -4.14. The van der Waals surface area contributed by atoms with E-state index in [1.165, 1.54) is 0 Å². The van der Waals surface area contributed by atoms with Gasteiger partial charge in [0.25, 0.3) is 0 Å². The summed E-state index contributed by atoms with van der Waals surface area (Å²) < 4.78 is 39.9. The third-order valence-electron chi connectivity index (χ3n) is 1.55. The Morgan fingerprint density at radius 2 is 2.00 bits per heavy atom. The zero-order valence-electron chi connectivity index (χ0n) is 6.53. The number of ether oxygens (including phenoxy) is 1. The van der Waals surface area contributed by atoms with Gasteiger partial charge in [0, 0.05) is 12.7 Å². The van der Waals surface area contributed by atoms with Crippen molar-refractivity contribution in [2.45, 2.75) is 25.3 Å². The Balaban J connectivity index is 0.000001000. The van der Waals surface area contributed by atoms with Gasteiger partial charge in [-0.05, 0) is 12.8 Å². The van der Waals surface area contributed by atoms with Gasteiger partial charge in [0.05, 0.1) is 0 Å². The molecule has 1 aliphatic heterocycles. The van der Waals surface area contributed by atoms with E-state index in [0.717, 1.165) is 6.42 Å². The predicted octanol–water partition coefficient (Wildman–Crippen LogP) is -0.983. The molecule has 0 aliphatic carbocycles. The van der Waals surface area contributed by atoms with Crippen molar-refractivity contribution in [3.8, 4) is 0 Å². The molecule has 1 nitrogen and oxygen atoms in total. The quantitative estimate of drug-likeness (QED) is 0.511. The zero-order valence-corrected chi connectivity index (χ0v) is 9.65. The van der Waals surface area contributed by atoms with Gasteiger partial charge in [0.2, 0.25) is 0 Å². The second-order valence-corrected chi connectivity index (χ2v) is 2.58. The minimum atomic E-state index is -4.64. The van der Waals surface area contributed by atoms with Crippen molar-refractivity contribution in [2.24, 2.45) is 0 Å². The third kappa shape index (κ3) is 5.65. The minimum absolute atomic E-state index is 0. The molecule has 1 unspecified atom stereocenters. The molecular weight excluding hydrogens is 183 g/mol. The molecule has 1 aliphatic rings. The van der Waals surface area contributed by atoms with E-state index in [1.54, 1.807) is 0 Å². The molecule has 1 fully saturated rings. The topological polar surface area (TPSA) is 9.23 Å². The number of hydrogen-bond donors (Lipinski definition) is 0. The van der Waals surface area contributed by atoms with Gasteiger partial charge in [-0.15, -0.1) is 0 Å². The smallest absolute Gasteiger partial charge is 0.449 e. The van der Waals surface area contributed by atoms with Crippen LogP contribution in [-0.4, -0.2) is 19.7 Å². The van der Waals surface area contributed by atoms with Gasteiger partial charge >= 0.3 is 58.4 Å². The van der Waals surface area contributed by atoms with E-state index < -0.39 is 19.4 Å². The minimum Gasteiger partial charge on any atom is -0.449 e. The average molecular weight is 192 g/mol. The second-order valence-electron chi connectivity index (χ2n) is 2.58. The molecule has 1 atom stereocenters. The number of halogens is 3. The van der Waals surface area contributed by atoms with Crippen LogP contribution in [0.15, 0.2) is 0 Å². The van der Waals surface area contributed by atoms with Gasteiger partial charge in [-0.1, -0.05) is 6.32 Å². The van der Waals surface area contributed by atoms with Gasteiger partial charge < -0.3 is 17.7 Å². The molecule has 0 aromatic rings. The van der Waals surface area contributed by atoms with Gasteiger partial charge in [0.1, 0.15) is 0 Å². The first kappa shape index (κ1) is 12.5. The van der Waals surface area contributed by atoms with Gasteiger partial charge in [0.15, 0.2) is 0 Å². The summed E-state index contributed by atoms with van der Waals surface area (Å²) >= 11 is 0. The van der Waals surface area contributed by atoms with Crippen LogP contribution in [0.5, 0.6) is 0 Å². The van der Waals surface area contributed by atoms with Crippen LogP contribution in [-0.2, 0) is 4.74 Å². The summed E-state index contributed by atoms with van der Waals surface area (Å²) in [5.41, 5.74) is 0. The molecule has 0 aromatic carbocycles. The Morgan fingerprint density at radius 3 is 2.36 bits per heavy atom. The fourth-order valence-electron chi connectivity index (χ4n) is 1.13. The van der Waals surface area contributed by atoms with E-state index in [0.29, 0.717) is 13.0 Å². The molecule has 0 radical (unpaired) electrons. The van der Waals surface area contributed by atoms with Crippen molar-refractivity contribution < 1.29 is 69.1 Å². The predicted molar refractivity (Wildman–Crippen MR) is 32.9 cm³/mol. The maximum atomic E-state index is 11.7. The largest absolute Gasteiger partial charge is 1.00 e. The zero-order chi connectivity index (χ0) is 7.61. The molecule has 0 aromatic heterocycles. The van der Waals surface area contributed by atoms with Crippen molar-refractivity contribution in [1.82, 2.24) is 0 Å². The molecule has 11 heavy (non-hydrogen) atoms. The molecule has 0 spiro atoms. The average Bonchev–Trinajstić information content (AvgIpc) is 2.12. The Labute approximate surface area is 107 Å². The summed E-state index contributed by atoms with van der Waals surface area (Å²) in [5, 5.41) is 0. The standard InChI is InChI=1S/C5H9BF3O.K/c7-6(8,9)4-5-2-1-3-10-5;/h5H,1-4H2;/q-1;+1. The Morgan fingerprint density at radius 1 is 1.36 bits per heavy atom. The monoisotopic (exact) mass is 192 g/mol. The van der Waals surface area contributed by atoms with Gasteiger partial charge in [-0.3, -0.25) is 0 Å². The van der Waals surface area contributed by atoms with E-state index in [9.17, 15) is 12.9 Å². The maximum Gasteiger partial charge on any atom is 1.00 e. The first-order valence-electron chi connectivity index (χ1n) is 3.40. The van der Waals surface area contributed by atoms with Crippen LogP contribution in [0.25, 0.3) is 0 Å². The number of hydrogen-bond acceptors (Lipinski definition) is 1. The molecule has 0 N–H and O–H groups in total. The molecule has 0 saturated carbocycles. The van der Waals surface area contributed by atoms with Crippen LogP contribution in [0, 0.1) is 0 Å². The molecule has 1 rings (SSSR count). The van der Waals surface area contributed by atoms with Crippen molar-refractivity contribution >= 4 is 6.98 Å². The van der Waals surface area contributed by atoms with Crippen LogP contribution in [0.1, 0.15) is 12.8 Å². The fraction of sp³-hybridized carbons (Fsp3) is 1.00. The SMILES string of the molecule is F[B-](F)(F)CC1CCCO1.[K+]. The van der Waals surface area contributed by atoms with Crippen LogP contribution in [0.4, 0.5) is 12.9 Å². The van der Waals surface area contributed by atoms with Crippen LogP contribution in [0.3, 0.4) is 0 Å². The Hall–Kier alpha value is 1.45. The Kier molecular flexibility index (Phi) is 5.93. The van der Waals surface area contributed by atoms with Gasteiger partial charge in [-0.2, -0.15) is 0 Å². The molecular formula is C5H9BF3KO. The molecule has 6 heteroatoms. The normalized spacial score (nSPS) is 24.8. The van der Waals surface area contributed by atoms with Crippen molar-refractivity contribution in [3.63, 3.8) is 0 Å². The van der Waals surface area contributed by atoms with Crippen LogP contribution < -0.4 is 51.4 Å². The van der Waals surface area contributed by atoms with Crippen LogP contribution in [0.2, 0.25) is 6.32 Å². The van der Waals surface area contributed by atoms with E-state index >= 15 is 0 Å².